The lowest BCUT2D eigenvalue weighted by molar-refractivity contribution is -0.163. The van der Waals surface area contributed by atoms with Gasteiger partial charge in [-0.3, -0.25) is 14.4 Å². The van der Waals surface area contributed by atoms with Crippen molar-refractivity contribution in [2.45, 2.75) is 25.9 Å². The quantitative estimate of drug-likeness (QED) is 0.617. The number of hydrogen-bond donors (Lipinski definition) is 0. The molecule has 0 radical (unpaired) electrons. The zero-order chi connectivity index (χ0) is 17.0. The lowest BCUT2D eigenvalue weighted by Crippen LogP contribution is -2.48. The number of benzene rings is 1. The molecule has 0 saturated heterocycles. The molecule has 23 heavy (non-hydrogen) atoms. The van der Waals surface area contributed by atoms with E-state index in [-0.39, 0.29) is 18.0 Å². The minimum absolute atomic E-state index is 0.146. The van der Waals surface area contributed by atoms with Gasteiger partial charge in [-0.05, 0) is 18.6 Å². The van der Waals surface area contributed by atoms with Crippen LogP contribution in [0.4, 0.5) is 0 Å². The summed E-state index contributed by atoms with van der Waals surface area (Å²) < 4.78 is 10.5. The van der Waals surface area contributed by atoms with Crippen LogP contribution in [0.5, 0.6) is 0 Å². The van der Waals surface area contributed by atoms with Gasteiger partial charge in [-0.25, -0.2) is 0 Å². The summed E-state index contributed by atoms with van der Waals surface area (Å²) in [6, 6.07) is 8.54. The SMILES string of the molecule is COC1=CC=C(C)C(=O)C1(CC(=O)c1ccccc1)OC(C)=O. The Hall–Kier alpha value is -2.69. The molecule has 1 aromatic carbocycles. The van der Waals surface area contributed by atoms with Crippen LogP contribution in [-0.4, -0.2) is 30.2 Å². The number of carbonyl (C=O) groups is 3. The number of carbonyl (C=O) groups excluding carboxylic acids is 3. The van der Waals surface area contributed by atoms with Crippen LogP contribution in [0.2, 0.25) is 0 Å². The highest BCUT2D eigenvalue weighted by Crippen LogP contribution is 2.35. The van der Waals surface area contributed by atoms with Crippen molar-refractivity contribution in [2.75, 3.05) is 7.11 Å². The van der Waals surface area contributed by atoms with Crippen molar-refractivity contribution in [3.8, 4) is 0 Å². The van der Waals surface area contributed by atoms with E-state index in [1.807, 2.05) is 0 Å². The summed E-state index contributed by atoms with van der Waals surface area (Å²) in [5.41, 5.74) is -0.908. The lowest BCUT2D eigenvalue weighted by Gasteiger charge is -2.34. The number of Topliss-reactive ketones (excluding diaryl/α,β-unsaturated/α-hetero) is 2. The van der Waals surface area contributed by atoms with Gasteiger partial charge >= 0.3 is 5.97 Å². The summed E-state index contributed by atoms with van der Waals surface area (Å²) in [4.78, 5) is 36.8. The summed E-state index contributed by atoms with van der Waals surface area (Å²) in [5, 5.41) is 0. The number of allylic oxidation sites excluding steroid dienone is 2. The first-order chi connectivity index (χ1) is 10.9. The monoisotopic (exact) mass is 314 g/mol. The fourth-order valence-electron chi connectivity index (χ4n) is 2.57. The molecule has 0 amide bonds. The van der Waals surface area contributed by atoms with Crippen molar-refractivity contribution in [1.82, 2.24) is 0 Å². The molecule has 5 nitrogen and oxygen atoms in total. The zero-order valence-electron chi connectivity index (χ0n) is 13.3. The van der Waals surface area contributed by atoms with E-state index in [1.54, 1.807) is 49.4 Å². The normalized spacial score (nSPS) is 20.4. The van der Waals surface area contributed by atoms with Crippen LogP contribution in [0.3, 0.4) is 0 Å². The second-order valence-corrected chi connectivity index (χ2v) is 5.30. The fourth-order valence-corrected chi connectivity index (χ4v) is 2.57. The number of esters is 1. The average Bonchev–Trinajstić information content (AvgIpc) is 2.53. The summed E-state index contributed by atoms with van der Waals surface area (Å²) in [6.07, 6.45) is 2.83. The molecule has 0 spiro atoms. The van der Waals surface area contributed by atoms with Gasteiger partial charge in [0, 0.05) is 12.5 Å². The topological polar surface area (TPSA) is 69.7 Å². The number of ether oxygens (including phenoxy) is 2. The van der Waals surface area contributed by atoms with Crippen molar-refractivity contribution in [3.63, 3.8) is 0 Å². The second kappa shape index (κ2) is 6.60. The molecular formula is C18H18O5. The largest absolute Gasteiger partial charge is 0.496 e. The van der Waals surface area contributed by atoms with Crippen molar-refractivity contribution in [3.05, 3.63) is 59.4 Å². The van der Waals surface area contributed by atoms with Gasteiger partial charge in [0.1, 0.15) is 5.76 Å². The third-order valence-electron chi connectivity index (χ3n) is 3.65. The minimum atomic E-state index is -1.74. The molecule has 1 aliphatic rings. The fraction of sp³-hybridized carbons (Fsp3) is 0.278. The van der Waals surface area contributed by atoms with E-state index in [1.165, 1.54) is 14.0 Å². The number of methoxy groups -OCH3 is 1. The molecule has 1 aliphatic carbocycles. The molecule has 0 fully saturated rings. The number of hydrogen-bond acceptors (Lipinski definition) is 5. The van der Waals surface area contributed by atoms with Crippen molar-refractivity contribution < 1.29 is 23.9 Å². The Labute approximate surface area is 134 Å². The van der Waals surface area contributed by atoms with Gasteiger partial charge in [0.2, 0.25) is 11.4 Å². The van der Waals surface area contributed by atoms with E-state index in [0.717, 1.165) is 0 Å². The van der Waals surface area contributed by atoms with Crippen LogP contribution < -0.4 is 0 Å². The van der Waals surface area contributed by atoms with Crippen LogP contribution in [0.15, 0.2) is 53.8 Å². The van der Waals surface area contributed by atoms with Crippen LogP contribution >= 0.6 is 0 Å². The van der Waals surface area contributed by atoms with Gasteiger partial charge in [-0.15, -0.1) is 0 Å². The first-order valence-electron chi connectivity index (χ1n) is 7.16. The van der Waals surface area contributed by atoms with Crippen LogP contribution in [0.1, 0.15) is 30.6 Å². The maximum atomic E-state index is 12.7. The predicted molar refractivity (Wildman–Crippen MR) is 83.7 cm³/mol. The first-order valence-corrected chi connectivity index (χ1v) is 7.16. The van der Waals surface area contributed by atoms with Crippen molar-refractivity contribution >= 4 is 17.5 Å². The standard InChI is InChI=1S/C18H18O5/c1-12-9-10-16(22-3)18(17(12)21,23-13(2)19)11-15(20)14-7-5-4-6-8-14/h4-10H,11H2,1-3H3. The van der Waals surface area contributed by atoms with Gasteiger partial charge in [0.05, 0.1) is 13.5 Å². The molecule has 120 valence electrons. The molecule has 0 N–H and O–H groups in total. The van der Waals surface area contributed by atoms with Crippen molar-refractivity contribution in [1.29, 1.82) is 0 Å². The lowest BCUT2D eigenvalue weighted by atomic mass is 9.81. The molecule has 1 atom stereocenters. The molecule has 0 heterocycles. The van der Waals surface area contributed by atoms with Crippen LogP contribution in [-0.2, 0) is 19.1 Å². The molecule has 0 aromatic heterocycles. The minimum Gasteiger partial charge on any atom is -0.496 e. The summed E-state index contributed by atoms with van der Waals surface area (Å²) in [7, 11) is 1.37. The van der Waals surface area contributed by atoms with Crippen LogP contribution in [0.25, 0.3) is 0 Å². The second-order valence-electron chi connectivity index (χ2n) is 5.30. The zero-order valence-corrected chi connectivity index (χ0v) is 13.3. The highest BCUT2D eigenvalue weighted by atomic mass is 16.6. The summed E-state index contributed by atoms with van der Waals surface area (Å²) in [5.74, 6) is -1.27. The Morgan fingerprint density at radius 1 is 1.13 bits per heavy atom. The van der Waals surface area contributed by atoms with E-state index in [4.69, 9.17) is 9.47 Å². The van der Waals surface area contributed by atoms with Gasteiger partial charge < -0.3 is 9.47 Å². The molecular weight excluding hydrogens is 296 g/mol. The third kappa shape index (κ3) is 3.23. The number of rotatable bonds is 5. The highest BCUT2D eigenvalue weighted by molar-refractivity contribution is 6.10. The molecule has 1 aromatic rings. The van der Waals surface area contributed by atoms with Gasteiger partial charge in [-0.2, -0.15) is 0 Å². The molecule has 0 bridgehead atoms. The van der Waals surface area contributed by atoms with Gasteiger partial charge in [0.25, 0.3) is 0 Å². The Balaban J connectivity index is 2.46. The van der Waals surface area contributed by atoms with E-state index in [9.17, 15) is 14.4 Å². The van der Waals surface area contributed by atoms with Gasteiger partial charge in [-0.1, -0.05) is 36.4 Å². The van der Waals surface area contributed by atoms with E-state index in [0.29, 0.717) is 11.1 Å². The van der Waals surface area contributed by atoms with Gasteiger partial charge in [0.15, 0.2) is 5.78 Å². The molecule has 2 rings (SSSR count). The molecule has 0 saturated carbocycles. The average molecular weight is 314 g/mol. The van der Waals surface area contributed by atoms with E-state index >= 15 is 0 Å². The number of ketones is 2. The van der Waals surface area contributed by atoms with E-state index < -0.39 is 17.4 Å². The van der Waals surface area contributed by atoms with Crippen LogP contribution in [0, 0.1) is 0 Å². The Morgan fingerprint density at radius 3 is 2.35 bits per heavy atom. The maximum absolute atomic E-state index is 12.7. The molecule has 5 heteroatoms. The maximum Gasteiger partial charge on any atom is 0.304 e. The smallest absolute Gasteiger partial charge is 0.304 e. The Kier molecular flexibility index (Phi) is 4.79. The first kappa shape index (κ1) is 16.7. The summed E-state index contributed by atoms with van der Waals surface area (Å²) >= 11 is 0. The van der Waals surface area contributed by atoms with E-state index in [2.05, 4.69) is 0 Å². The van der Waals surface area contributed by atoms with Crippen molar-refractivity contribution in [2.24, 2.45) is 0 Å². The highest BCUT2D eigenvalue weighted by Gasteiger charge is 2.50. The summed E-state index contributed by atoms with van der Waals surface area (Å²) in [6.45, 7) is 2.81. The third-order valence-corrected chi connectivity index (χ3v) is 3.65. The predicted octanol–water partition coefficient (Wildman–Crippen LogP) is 2.62. The molecule has 0 aliphatic heterocycles. The molecule has 1 unspecified atom stereocenters. The Morgan fingerprint density at radius 2 is 1.78 bits per heavy atom. The Bertz CT molecular complexity index is 699.